The molecule has 2 saturated heterocycles. The molecule has 12 nitrogen and oxygen atoms in total. The molecule has 2 N–H and O–H groups in total. The zero-order valence-corrected chi connectivity index (χ0v) is 24.4. The first-order valence-electron chi connectivity index (χ1n) is 14.5. The second-order valence-electron chi connectivity index (χ2n) is 11.1. The molecule has 2 aromatic carbocycles. The predicted octanol–water partition coefficient (Wildman–Crippen LogP) is 4.36. The van der Waals surface area contributed by atoms with Crippen molar-refractivity contribution in [2.75, 3.05) is 55.9 Å². The molecular weight excluding hydrogens is 546 g/mol. The van der Waals surface area contributed by atoms with Gasteiger partial charge in [0.25, 0.3) is 0 Å². The average molecular weight is 582 g/mol. The number of morpholine rings is 1. The van der Waals surface area contributed by atoms with Gasteiger partial charge in [0.05, 0.1) is 42.8 Å². The molecule has 2 aliphatic heterocycles. The molecule has 2 aromatic heterocycles. The molecule has 0 saturated carbocycles. The molecule has 2 aliphatic rings. The summed E-state index contributed by atoms with van der Waals surface area (Å²) in [6.45, 7) is 3.42. The van der Waals surface area contributed by atoms with Crippen LogP contribution in [0.4, 0.5) is 22.0 Å². The number of fused-ring (bicyclic) bond motifs is 3. The molecule has 43 heavy (non-hydrogen) atoms. The average Bonchev–Trinajstić information content (AvgIpc) is 3.58. The van der Waals surface area contributed by atoms with Crippen LogP contribution in [0.3, 0.4) is 0 Å². The number of anilines is 3. The smallest absolute Gasteiger partial charge is 0.323 e. The molecule has 0 spiro atoms. The molecule has 0 aliphatic carbocycles. The largest absolute Gasteiger partial charge is 0.492 e. The van der Waals surface area contributed by atoms with Crippen LogP contribution >= 0.6 is 0 Å². The summed E-state index contributed by atoms with van der Waals surface area (Å²) in [6, 6.07) is 16.5. The van der Waals surface area contributed by atoms with Gasteiger partial charge in [0.1, 0.15) is 18.2 Å². The van der Waals surface area contributed by atoms with Crippen LogP contribution < -0.4 is 20.3 Å². The summed E-state index contributed by atoms with van der Waals surface area (Å²) < 4.78 is 13.5. The number of ether oxygens (including phenoxy) is 2. The number of carbonyl (C=O) groups excluding carboxylic acids is 1. The number of nitriles is 1. The van der Waals surface area contributed by atoms with E-state index in [0.717, 1.165) is 55.0 Å². The van der Waals surface area contributed by atoms with Gasteiger partial charge in [-0.25, -0.2) is 19.4 Å². The molecule has 2 amide bonds. The minimum Gasteiger partial charge on any atom is -0.492 e. The summed E-state index contributed by atoms with van der Waals surface area (Å²) in [7, 11) is 3.99. The number of hydrogen-bond acceptors (Lipinski definition) is 9. The summed E-state index contributed by atoms with van der Waals surface area (Å²) in [5.41, 5.74) is 2.80. The van der Waals surface area contributed by atoms with E-state index in [2.05, 4.69) is 31.6 Å². The van der Waals surface area contributed by atoms with Gasteiger partial charge in [0.15, 0.2) is 11.5 Å². The lowest BCUT2D eigenvalue weighted by atomic mass is 10.2. The number of urea groups is 1. The number of nitrogens with one attached hydrogen (secondary N) is 2. The highest BCUT2D eigenvalue weighted by Gasteiger charge is 2.35. The highest BCUT2D eigenvalue weighted by molar-refractivity contribution is 6.00. The minimum atomic E-state index is -0.350. The van der Waals surface area contributed by atoms with Crippen molar-refractivity contribution in [2.24, 2.45) is 0 Å². The van der Waals surface area contributed by atoms with Gasteiger partial charge in [0, 0.05) is 36.6 Å². The Labute approximate surface area is 250 Å². The van der Waals surface area contributed by atoms with Gasteiger partial charge < -0.3 is 29.9 Å². The first kappa shape index (κ1) is 28.4. The molecule has 2 unspecified atom stereocenters. The van der Waals surface area contributed by atoms with E-state index in [0.29, 0.717) is 42.4 Å². The van der Waals surface area contributed by atoms with Gasteiger partial charge >= 0.3 is 6.03 Å². The number of hydrogen-bond donors (Lipinski definition) is 2. The maximum absolute atomic E-state index is 12.7. The van der Waals surface area contributed by atoms with Crippen molar-refractivity contribution < 1.29 is 14.3 Å². The topological polar surface area (TPSA) is 133 Å². The molecule has 2 atom stereocenters. The quantitative estimate of drug-likeness (QED) is 0.280. The molecule has 2 bridgehead atoms. The number of amides is 2. The third kappa shape index (κ3) is 6.69. The number of likely N-dealkylation sites (N-methyl/N-ethyl adjacent to an activating group) is 1. The third-order valence-electron chi connectivity index (χ3n) is 7.58. The molecule has 0 radical (unpaired) electrons. The number of benzene rings is 2. The van der Waals surface area contributed by atoms with Gasteiger partial charge in [-0.15, -0.1) is 0 Å². The van der Waals surface area contributed by atoms with Crippen molar-refractivity contribution in [1.82, 2.24) is 24.6 Å². The normalized spacial score (nSPS) is 17.7. The lowest BCUT2D eigenvalue weighted by Gasteiger charge is -2.33. The van der Waals surface area contributed by atoms with E-state index in [4.69, 9.17) is 24.7 Å². The fourth-order valence-electron chi connectivity index (χ4n) is 5.39. The maximum atomic E-state index is 12.7. The fraction of sp³-hybridized carbons (Fsp3) is 0.387. The van der Waals surface area contributed by atoms with Crippen LogP contribution in [-0.4, -0.2) is 83.2 Å². The maximum Gasteiger partial charge on any atom is 0.323 e. The van der Waals surface area contributed by atoms with Crippen LogP contribution in [0.15, 0.2) is 54.7 Å². The van der Waals surface area contributed by atoms with Crippen LogP contribution in [0.25, 0.3) is 22.4 Å². The highest BCUT2D eigenvalue weighted by Crippen LogP contribution is 2.34. The second kappa shape index (κ2) is 12.6. The number of aryl methyl sites for hydroxylation is 1. The first-order chi connectivity index (χ1) is 20.9. The van der Waals surface area contributed by atoms with E-state index in [1.807, 2.05) is 50.5 Å². The molecular formula is C31H35N9O3. The summed E-state index contributed by atoms with van der Waals surface area (Å²) in [6.07, 6.45) is 4.66. The lowest BCUT2D eigenvalue weighted by Crippen LogP contribution is -2.43. The van der Waals surface area contributed by atoms with Crippen molar-refractivity contribution in [1.29, 1.82) is 5.26 Å². The first-order valence-corrected chi connectivity index (χ1v) is 14.5. The fourth-order valence-corrected chi connectivity index (χ4v) is 5.39. The summed E-state index contributed by atoms with van der Waals surface area (Å²) in [5, 5.41) is 20.2. The molecule has 222 valence electrons. The van der Waals surface area contributed by atoms with E-state index in [9.17, 15) is 4.79 Å². The van der Waals surface area contributed by atoms with Gasteiger partial charge in [-0.1, -0.05) is 0 Å². The van der Waals surface area contributed by atoms with Crippen molar-refractivity contribution >= 4 is 34.3 Å². The number of rotatable bonds is 10. The Morgan fingerprint density at radius 1 is 1.05 bits per heavy atom. The van der Waals surface area contributed by atoms with E-state index in [-0.39, 0.29) is 18.2 Å². The second-order valence-corrected chi connectivity index (χ2v) is 11.1. The van der Waals surface area contributed by atoms with Crippen molar-refractivity contribution in [3.63, 3.8) is 0 Å². The zero-order valence-electron chi connectivity index (χ0n) is 24.4. The van der Waals surface area contributed by atoms with Crippen LogP contribution in [0, 0.1) is 11.3 Å². The van der Waals surface area contributed by atoms with Crippen molar-refractivity contribution in [3.8, 4) is 23.2 Å². The Hall–Kier alpha value is -4.73. The Bertz CT molecular complexity index is 1600. The van der Waals surface area contributed by atoms with Crippen LogP contribution in [0.5, 0.6) is 5.75 Å². The monoisotopic (exact) mass is 581 g/mol. The SMILES string of the molecule is CN(C)CCOc1ccc(NC(=O)Nc2ccc(-c3nc(N4CC5CCC(C4)O5)c4cnn(CCC#N)c4n3)cc2)cc1. The van der Waals surface area contributed by atoms with E-state index >= 15 is 0 Å². The Morgan fingerprint density at radius 2 is 1.72 bits per heavy atom. The van der Waals surface area contributed by atoms with Crippen molar-refractivity contribution in [3.05, 3.63) is 54.7 Å². The Balaban J connectivity index is 1.16. The van der Waals surface area contributed by atoms with E-state index in [1.165, 1.54) is 0 Å². The van der Waals surface area contributed by atoms with E-state index < -0.39 is 0 Å². The number of aromatic nitrogens is 4. The van der Waals surface area contributed by atoms with Crippen molar-refractivity contribution in [2.45, 2.75) is 38.0 Å². The van der Waals surface area contributed by atoms with Crippen LogP contribution in [0.1, 0.15) is 19.3 Å². The highest BCUT2D eigenvalue weighted by atomic mass is 16.5. The standard InChI is InChI=1S/C31H35N9O3/c1-38(2)16-17-42-24-10-8-23(9-11-24)35-31(41)34-22-6-4-21(5-7-22)28-36-29(39-19-25-12-13-26(20-39)43-25)27-18-33-40(15-3-14-32)30(27)37-28/h4-11,18,25-26H,3,12-13,15-17,19-20H2,1-2H3,(H2,34,35,41). The Kier molecular flexibility index (Phi) is 8.35. The number of carbonyl (C=O) groups is 1. The molecule has 2 fully saturated rings. The van der Waals surface area contributed by atoms with Crippen LogP contribution in [0.2, 0.25) is 0 Å². The Morgan fingerprint density at radius 3 is 2.37 bits per heavy atom. The lowest BCUT2D eigenvalue weighted by molar-refractivity contribution is 0.0303. The third-order valence-corrected chi connectivity index (χ3v) is 7.58. The molecule has 4 heterocycles. The van der Waals surface area contributed by atoms with Gasteiger partial charge in [-0.3, -0.25) is 0 Å². The summed E-state index contributed by atoms with van der Waals surface area (Å²) >= 11 is 0. The molecule has 12 heteroatoms. The van der Waals surface area contributed by atoms with Crippen LogP contribution in [-0.2, 0) is 11.3 Å². The summed E-state index contributed by atoms with van der Waals surface area (Å²) in [5.74, 6) is 2.14. The van der Waals surface area contributed by atoms with Gasteiger partial charge in [-0.05, 0) is 75.5 Å². The van der Waals surface area contributed by atoms with Gasteiger partial charge in [-0.2, -0.15) is 10.4 Å². The predicted molar refractivity (Wildman–Crippen MR) is 164 cm³/mol. The summed E-state index contributed by atoms with van der Waals surface area (Å²) in [4.78, 5) is 26.8. The molecule has 6 rings (SSSR count). The number of nitrogens with zero attached hydrogens (tertiary/aromatic N) is 7. The minimum absolute atomic E-state index is 0.205. The molecule has 4 aromatic rings. The van der Waals surface area contributed by atoms with E-state index in [1.54, 1.807) is 23.0 Å². The zero-order chi connectivity index (χ0) is 29.8. The van der Waals surface area contributed by atoms with Gasteiger partial charge in [0.2, 0.25) is 0 Å².